The molecule has 1 aromatic heterocycles. The Hall–Kier alpha value is -1.04. The standard InChI is InChI=1S/C8H7BF3OS/c1-6(13)2-3-8-4-7(5-14-8)9(10,11)12/h2-5H,1H3/q-1/b3-2+. The van der Waals surface area contributed by atoms with Gasteiger partial charge in [0.25, 0.3) is 0 Å². The van der Waals surface area contributed by atoms with Crippen molar-refractivity contribution in [2.45, 2.75) is 6.92 Å². The van der Waals surface area contributed by atoms with E-state index in [1.807, 2.05) is 0 Å². The largest absolute Gasteiger partial charge is 0.510 e. The van der Waals surface area contributed by atoms with Crippen LogP contribution < -0.4 is 5.46 Å². The molecule has 0 amide bonds. The second-order valence-electron chi connectivity index (χ2n) is 2.80. The van der Waals surface area contributed by atoms with Gasteiger partial charge in [-0.3, -0.25) is 4.79 Å². The summed E-state index contributed by atoms with van der Waals surface area (Å²) in [7, 11) is 0. The fourth-order valence-electron chi connectivity index (χ4n) is 0.827. The van der Waals surface area contributed by atoms with Crippen LogP contribution in [0.1, 0.15) is 11.8 Å². The summed E-state index contributed by atoms with van der Waals surface area (Å²) < 4.78 is 36.5. The van der Waals surface area contributed by atoms with Crippen molar-refractivity contribution in [2.24, 2.45) is 0 Å². The van der Waals surface area contributed by atoms with Crippen LogP contribution in [0.3, 0.4) is 0 Å². The normalized spacial score (nSPS) is 12.3. The van der Waals surface area contributed by atoms with Gasteiger partial charge < -0.3 is 12.9 Å². The molecule has 1 rings (SSSR count). The number of hydrogen-bond donors (Lipinski definition) is 0. The first-order chi connectivity index (χ1) is 6.39. The quantitative estimate of drug-likeness (QED) is 0.563. The van der Waals surface area contributed by atoms with E-state index in [0.717, 1.165) is 22.8 Å². The van der Waals surface area contributed by atoms with Crippen molar-refractivity contribution in [3.63, 3.8) is 0 Å². The van der Waals surface area contributed by atoms with Gasteiger partial charge in [-0.15, -0.1) is 11.3 Å². The molecule has 0 N–H and O–H groups in total. The van der Waals surface area contributed by atoms with Gasteiger partial charge in [-0.05, 0) is 24.5 Å². The molecule has 0 aromatic carbocycles. The summed E-state index contributed by atoms with van der Waals surface area (Å²) >= 11 is 0.975. The number of thiophene rings is 1. The second kappa shape index (κ2) is 4.00. The lowest BCUT2D eigenvalue weighted by Crippen LogP contribution is -2.32. The van der Waals surface area contributed by atoms with Crippen LogP contribution in [0.5, 0.6) is 0 Å². The Bertz CT molecular complexity index is 367. The van der Waals surface area contributed by atoms with Crippen LogP contribution in [-0.4, -0.2) is 12.8 Å². The molecule has 1 nitrogen and oxygen atoms in total. The Labute approximate surface area is 83.3 Å². The zero-order chi connectivity index (χ0) is 10.8. The van der Waals surface area contributed by atoms with Crippen molar-refractivity contribution in [1.82, 2.24) is 0 Å². The number of carbonyl (C=O) groups is 1. The number of halogens is 3. The molecule has 0 unspecified atom stereocenters. The van der Waals surface area contributed by atoms with Crippen LogP contribution >= 0.6 is 11.3 Å². The summed E-state index contributed by atoms with van der Waals surface area (Å²) in [6.45, 7) is -3.58. The van der Waals surface area contributed by atoms with Crippen LogP contribution in [0.2, 0.25) is 0 Å². The summed E-state index contributed by atoms with van der Waals surface area (Å²) in [5.41, 5.74) is -0.613. The number of ketones is 1. The lowest BCUT2D eigenvalue weighted by Gasteiger charge is -2.10. The lowest BCUT2D eigenvalue weighted by atomic mass is 9.82. The first-order valence-electron chi connectivity index (χ1n) is 3.86. The van der Waals surface area contributed by atoms with Crippen LogP contribution in [0.4, 0.5) is 12.9 Å². The molecule has 0 radical (unpaired) electrons. The molecule has 1 heterocycles. The van der Waals surface area contributed by atoms with Crippen molar-refractivity contribution in [3.8, 4) is 0 Å². The molecule has 0 saturated heterocycles. The SMILES string of the molecule is CC(=O)/C=C/c1cc([B-](F)(F)F)cs1. The molecule has 0 bridgehead atoms. The Morgan fingerprint density at radius 2 is 2.14 bits per heavy atom. The third-order valence-electron chi connectivity index (χ3n) is 1.50. The van der Waals surface area contributed by atoms with Crippen LogP contribution in [-0.2, 0) is 4.79 Å². The molecule has 6 heteroatoms. The number of allylic oxidation sites excluding steroid dienone is 1. The molecular formula is C8H7BF3OS-. The van der Waals surface area contributed by atoms with Gasteiger partial charge in [0.05, 0.1) is 0 Å². The van der Waals surface area contributed by atoms with Gasteiger partial charge in [0.1, 0.15) is 0 Å². The maximum atomic E-state index is 12.2. The van der Waals surface area contributed by atoms with Crippen molar-refractivity contribution < 1.29 is 17.7 Å². The van der Waals surface area contributed by atoms with E-state index in [4.69, 9.17) is 0 Å². The minimum absolute atomic E-state index is 0.183. The molecule has 14 heavy (non-hydrogen) atoms. The number of rotatable bonds is 3. The van der Waals surface area contributed by atoms with Crippen molar-refractivity contribution >= 4 is 35.6 Å². The lowest BCUT2D eigenvalue weighted by molar-refractivity contribution is -0.112. The van der Waals surface area contributed by atoms with Gasteiger partial charge in [-0.25, -0.2) is 0 Å². The van der Waals surface area contributed by atoms with Gasteiger partial charge in [-0.2, -0.15) is 0 Å². The highest BCUT2D eigenvalue weighted by molar-refractivity contribution is 7.12. The summed E-state index contributed by atoms with van der Waals surface area (Å²) in [5, 5.41) is 1.06. The highest BCUT2D eigenvalue weighted by Crippen LogP contribution is 2.16. The second-order valence-corrected chi connectivity index (χ2v) is 3.74. The highest BCUT2D eigenvalue weighted by atomic mass is 32.1. The monoisotopic (exact) mass is 219 g/mol. The molecule has 0 atom stereocenters. The maximum absolute atomic E-state index is 12.2. The third kappa shape index (κ3) is 3.03. The highest BCUT2D eigenvalue weighted by Gasteiger charge is 2.26. The van der Waals surface area contributed by atoms with Crippen molar-refractivity contribution in [1.29, 1.82) is 0 Å². The van der Waals surface area contributed by atoms with Gasteiger partial charge in [0.2, 0.25) is 0 Å². The molecule has 0 spiro atoms. The van der Waals surface area contributed by atoms with E-state index < -0.39 is 12.4 Å². The third-order valence-corrected chi connectivity index (χ3v) is 2.42. The van der Waals surface area contributed by atoms with E-state index >= 15 is 0 Å². The fraction of sp³-hybridized carbons (Fsp3) is 0.125. The minimum Gasteiger partial charge on any atom is -0.445 e. The Balaban J connectivity index is 2.84. The summed E-state index contributed by atoms with van der Waals surface area (Å²) in [5.74, 6) is -0.183. The van der Waals surface area contributed by atoms with Gasteiger partial charge in [-0.1, -0.05) is 11.5 Å². The molecule has 76 valence electrons. The molecule has 0 aliphatic rings. The van der Waals surface area contributed by atoms with Crippen LogP contribution in [0.15, 0.2) is 17.5 Å². The maximum Gasteiger partial charge on any atom is 0.510 e. The zero-order valence-electron chi connectivity index (χ0n) is 7.34. The molecule has 0 fully saturated rings. The van der Waals surface area contributed by atoms with E-state index in [1.54, 1.807) is 0 Å². The van der Waals surface area contributed by atoms with Crippen molar-refractivity contribution in [3.05, 3.63) is 22.4 Å². The predicted octanol–water partition coefficient (Wildman–Crippen LogP) is 2.40. The Kier molecular flexibility index (Phi) is 3.15. The first kappa shape index (κ1) is 11.0. The van der Waals surface area contributed by atoms with E-state index in [1.165, 1.54) is 19.1 Å². The first-order valence-corrected chi connectivity index (χ1v) is 4.74. The summed E-state index contributed by atoms with van der Waals surface area (Å²) in [6, 6.07) is 1.05. The summed E-state index contributed by atoms with van der Waals surface area (Å²) in [4.78, 5) is 11.0. The zero-order valence-corrected chi connectivity index (χ0v) is 8.15. The topological polar surface area (TPSA) is 17.1 Å². The molecule has 0 saturated carbocycles. The smallest absolute Gasteiger partial charge is 0.445 e. The van der Waals surface area contributed by atoms with E-state index in [-0.39, 0.29) is 5.78 Å². The van der Waals surface area contributed by atoms with Gasteiger partial charge in [0.15, 0.2) is 5.78 Å². The van der Waals surface area contributed by atoms with Gasteiger partial charge >= 0.3 is 6.98 Å². The minimum atomic E-state index is -4.92. The Morgan fingerprint density at radius 1 is 1.50 bits per heavy atom. The van der Waals surface area contributed by atoms with Crippen LogP contribution in [0.25, 0.3) is 6.08 Å². The predicted molar refractivity (Wildman–Crippen MR) is 52.7 cm³/mol. The molecule has 0 aliphatic heterocycles. The van der Waals surface area contributed by atoms with E-state index in [0.29, 0.717) is 4.88 Å². The fourth-order valence-corrected chi connectivity index (χ4v) is 1.67. The molecular weight excluding hydrogens is 212 g/mol. The number of hydrogen-bond acceptors (Lipinski definition) is 2. The average Bonchev–Trinajstić information content (AvgIpc) is 2.47. The molecule has 0 aliphatic carbocycles. The van der Waals surface area contributed by atoms with Crippen LogP contribution in [0, 0.1) is 0 Å². The Morgan fingerprint density at radius 3 is 2.57 bits per heavy atom. The average molecular weight is 219 g/mol. The number of carbonyl (C=O) groups excluding carboxylic acids is 1. The van der Waals surface area contributed by atoms with E-state index in [9.17, 15) is 17.7 Å². The van der Waals surface area contributed by atoms with E-state index in [2.05, 4.69) is 0 Å². The van der Waals surface area contributed by atoms with Crippen molar-refractivity contribution in [2.75, 3.05) is 0 Å². The summed E-state index contributed by atoms with van der Waals surface area (Å²) in [6.07, 6.45) is 2.64. The molecule has 1 aromatic rings. The van der Waals surface area contributed by atoms with Gasteiger partial charge in [0, 0.05) is 4.88 Å².